The first-order valence-corrected chi connectivity index (χ1v) is 13.8. The Hall–Kier alpha value is -5.08. The molecule has 0 N–H and O–H groups in total. The van der Waals surface area contributed by atoms with Crippen LogP contribution < -0.4 is 0 Å². The molecule has 40 heavy (non-hydrogen) atoms. The fourth-order valence-electron chi connectivity index (χ4n) is 6.09. The third-order valence-corrected chi connectivity index (χ3v) is 8.14. The van der Waals surface area contributed by atoms with Crippen molar-refractivity contribution in [2.75, 3.05) is 0 Å². The minimum absolute atomic E-state index is 0.984. The summed E-state index contributed by atoms with van der Waals surface area (Å²) < 4.78 is 0. The molecule has 0 spiro atoms. The quantitative estimate of drug-likeness (QED) is 0.216. The van der Waals surface area contributed by atoms with E-state index in [9.17, 15) is 0 Å². The van der Waals surface area contributed by atoms with E-state index in [1.54, 1.807) is 0 Å². The van der Waals surface area contributed by atoms with Gasteiger partial charge in [-0.25, -0.2) is 9.97 Å². The summed E-state index contributed by atoms with van der Waals surface area (Å²) in [5.74, 6) is 0. The molecule has 0 saturated carbocycles. The van der Waals surface area contributed by atoms with E-state index in [1.807, 2.05) is 0 Å². The van der Waals surface area contributed by atoms with Crippen LogP contribution in [0.4, 0.5) is 0 Å². The predicted octanol–water partition coefficient (Wildman–Crippen LogP) is 10.2. The summed E-state index contributed by atoms with van der Waals surface area (Å²) >= 11 is 0. The number of pyridine rings is 2. The van der Waals surface area contributed by atoms with Crippen LogP contribution >= 0.6 is 0 Å². The molecule has 0 amide bonds. The van der Waals surface area contributed by atoms with Crippen molar-refractivity contribution >= 4 is 54.1 Å². The van der Waals surface area contributed by atoms with Crippen LogP contribution in [-0.4, -0.2) is 9.97 Å². The maximum absolute atomic E-state index is 5.23. The molecule has 0 unspecified atom stereocenters. The monoisotopic (exact) mass is 510 g/mol. The van der Waals surface area contributed by atoms with Crippen molar-refractivity contribution in [3.05, 3.63) is 132 Å². The molecule has 0 saturated heterocycles. The van der Waals surface area contributed by atoms with Gasteiger partial charge in [0.15, 0.2) is 0 Å². The van der Waals surface area contributed by atoms with Gasteiger partial charge in [-0.1, -0.05) is 108 Å². The maximum atomic E-state index is 5.23. The molecule has 8 rings (SSSR count). The summed E-state index contributed by atoms with van der Waals surface area (Å²) in [6, 6.07) is 43.6. The van der Waals surface area contributed by atoms with E-state index in [0.29, 0.717) is 0 Å². The highest BCUT2D eigenvalue weighted by Crippen LogP contribution is 2.37. The second-order valence-electron chi connectivity index (χ2n) is 10.8. The zero-order chi connectivity index (χ0) is 26.8. The van der Waals surface area contributed by atoms with Crippen LogP contribution in [0, 0.1) is 13.8 Å². The van der Waals surface area contributed by atoms with Gasteiger partial charge in [-0.2, -0.15) is 0 Å². The smallest absolute Gasteiger partial charge is 0.0787 e. The van der Waals surface area contributed by atoms with Crippen LogP contribution in [0.3, 0.4) is 0 Å². The zero-order valence-electron chi connectivity index (χ0n) is 22.4. The summed E-state index contributed by atoms with van der Waals surface area (Å²) in [6.07, 6.45) is 0. The van der Waals surface area contributed by atoms with Gasteiger partial charge in [-0.15, -0.1) is 0 Å². The van der Waals surface area contributed by atoms with E-state index < -0.39 is 0 Å². The van der Waals surface area contributed by atoms with Crippen molar-refractivity contribution in [1.29, 1.82) is 0 Å². The van der Waals surface area contributed by atoms with Crippen LogP contribution in [0.5, 0.6) is 0 Å². The lowest BCUT2D eigenvalue weighted by Crippen LogP contribution is -1.92. The van der Waals surface area contributed by atoms with E-state index in [0.717, 1.165) is 44.3 Å². The SMILES string of the molecule is Cc1ccc2ccc3ccc(-c4ccc(-c5ccc6ccc7ccc(C)cc7c6n5)c5ccccc45)nc3c2c1. The van der Waals surface area contributed by atoms with E-state index >= 15 is 0 Å². The van der Waals surface area contributed by atoms with Crippen LogP contribution in [-0.2, 0) is 0 Å². The van der Waals surface area contributed by atoms with Crippen molar-refractivity contribution in [3.63, 3.8) is 0 Å². The Balaban J connectivity index is 1.34. The number of benzene rings is 6. The van der Waals surface area contributed by atoms with Crippen molar-refractivity contribution < 1.29 is 0 Å². The molecule has 0 aliphatic heterocycles. The number of aryl methyl sites for hydroxylation is 2. The van der Waals surface area contributed by atoms with Crippen molar-refractivity contribution in [2.24, 2.45) is 0 Å². The van der Waals surface area contributed by atoms with Gasteiger partial charge < -0.3 is 0 Å². The Labute approximate surface area is 232 Å². The van der Waals surface area contributed by atoms with E-state index in [4.69, 9.17) is 9.97 Å². The lowest BCUT2D eigenvalue weighted by Gasteiger charge is -2.13. The summed E-state index contributed by atoms with van der Waals surface area (Å²) in [4.78, 5) is 10.5. The van der Waals surface area contributed by atoms with E-state index in [2.05, 4.69) is 135 Å². The van der Waals surface area contributed by atoms with Gasteiger partial charge in [0.2, 0.25) is 0 Å². The molecule has 0 bridgehead atoms. The topological polar surface area (TPSA) is 25.8 Å². The van der Waals surface area contributed by atoms with Gasteiger partial charge in [0, 0.05) is 32.7 Å². The Morgan fingerprint density at radius 2 is 0.775 bits per heavy atom. The Morgan fingerprint density at radius 3 is 1.25 bits per heavy atom. The normalized spacial score (nSPS) is 11.8. The number of hydrogen-bond donors (Lipinski definition) is 0. The van der Waals surface area contributed by atoms with E-state index in [1.165, 1.54) is 43.4 Å². The van der Waals surface area contributed by atoms with Gasteiger partial charge in [0.05, 0.1) is 22.4 Å². The predicted molar refractivity (Wildman–Crippen MR) is 170 cm³/mol. The standard InChI is InChI=1S/C38H26N2/c1-23-7-9-25-11-13-27-15-19-35(39-37(27)33(25)21-23)31-17-18-32(30-6-4-3-5-29(30)31)36-20-16-28-14-12-26-10-8-24(2)22-34(26)38(28)40-36/h3-22H,1-2H3. The van der Waals surface area contributed by atoms with Gasteiger partial charge >= 0.3 is 0 Å². The first kappa shape index (κ1) is 22.9. The Bertz CT molecular complexity index is 2130. The molecule has 188 valence electrons. The highest BCUT2D eigenvalue weighted by molar-refractivity contribution is 6.10. The largest absolute Gasteiger partial charge is 0.247 e. The molecule has 0 aliphatic rings. The summed E-state index contributed by atoms with van der Waals surface area (Å²) in [6.45, 7) is 4.28. The summed E-state index contributed by atoms with van der Waals surface area (Å²) in [5.41, 5.74) is 8.81. The number of rotatable bonds is 2. The number of aromatic nitrogens is 2. The fourth-order valence-corrected chi connectivity index (χ4v) is 6.09. The third kappa shape index (κ3) is 3.57. The summed E-state index contributed by atoms with van der Waals surface area (Å²) in [5, 5.41) is 9.50. The molecule has 2 aromatic heterocycles. The molecular weight excluding hydrogens is 484 g/mol. The van der Waals surface area contributed by atoms with Crippen molar-refractivity contribution in [3.8, 4) is 22.5 Å². The lowest BCUT2D eigenvalue weighted by molar-refractivity contribution is 1.40. The van der Waals surface area contributed by atoms with Crippen LogP contribution in [0.15, 0.2) is 121 Å². The van der Waals surface area contributed by atoms with E-state index in [-0.39, 0.29) is 0 Å². The molecule has 0 radical (unpaired) electrons. The molecule has 6 aromatic carbocycles. The first-order valence-electron chi connectivity index (χ1n) is 13.8. The number of nitrogens with zero attached hydrogens (tertiary/aromatic N) is 2. The molecule has 0 aliphatic carbocycles. The minimum Gasteiger partial charge on any atom is -0.247 e. The number of hydrogen-bond acceptors (Lipinski definition) is 2. The second-order valence-corrected chi connectivity index (χ2v) is 10.8. The lowest BCUT2D eigenvalue weighted by atomic mass is 9.94. The van der Waals surface area contributed by atoms with Crippen molar-refractivity contribution in [1.82, 2.24) is 9.97 Å². The molecular formula is C38H26N2. The van der Waals surface area contributed by atoms with Crippen LogP contribution in [0.2, 0.25) is 0 Å². The molecule has 0 atom stereocenters. The maximum Gasteiger partial charge on any atom is 0.0787 e. The average molecular weight is 511 g/mol. The van der Waals surface area contributed by atoms with Gasteiger partial charge in [-0.05, 0) is 59.7 Å². The molecule has 2 heteroatoms. The van der Waals surface area contributed by atoms with Crippen LogP contribution in [0.25, 0.3) is 76.6 Å². The molecule has 8 aromatic rings. The Morgan fingerprint density at radius 1 is 0.375 bits per heavy atom. The Kier molecular flexibility index (Phi) is 4.99. The van der Waals surface area contributed by atoms with Crippen molar-refractivity contribution in [2.45, 2.75) is 13.8 Å². The highest BCUT2D eigenvalue weighted by atomic mass is 14.7. The molecule has 2 heterocycles. The zero-order valence-corrected chi connectivity index (χ0v) is 22.4. The second kappa shape index (κ2) is 8.72. The first-order chi connectivity index (χ1) is 19.6. The summed E-state index contributed by atoms with van der Waals surface area (Å²) in [7, 11) is 0. The molecule has 2 nitrogen and oxygen atoms in total. The molecule has 0 fully saturated rings. The average Bonchev–Trinajstić information content (AvgIpc) is 3.00. The van der Waals surface area contributed by atoms with Gasteiger partial charge in [-0.3, -0.25) is 0 Å². The fraction of sp³-hybridized carbons (Fsp3) is 0.0526. The van der Waals surface area contributed by atoms with Gasteiger partial charge in [0.1, 0.15) is 0 Å². The highest BCUT2D eigenvalue weighted by Gasteiger charge is 2.13. The van der Waals surface area contributed by atoms with Gasteiger partial charge in [0.25, 0.3) is 0 Å². The minimum atomic E-state index is 0.984. The number of fused-ring (bicyclic) bond motifs is 7. The van der Waals surface area contributed by atoms with Crippen LogP contribution in [0.1, 0.15) is 11.1 Å². The third-order valence-electron chi connectivity index (χ3n) is 8.14.